The van der Waals surface area contributed by atoms with E-state index in [1.54, 1.807) is 0 Å². The topological polar surface area (TPSA) is 46.0 Å². The van der Waals surface area contributed by atoms with Crippen LogP contribution in [0.25, 0.3) is 0 Å². The Bertz CT molecular complexity index is 677. The number of aromatic nitrogens is 3. The third-order valence-electron chi connectivity index (χ3n) is 5.75. The zero-order valence-electron chi connectivity index (χ0n) is 16.7. The predicted octanol–water partition coefficient (Wildman–Crippen LogP) is 3.43. The molecule has 2 aromatic rings. The lowest BCUT2D eigenvalue weighted by atomic mass is 9.84. The van der Waals surface area contributed by atoms with E-state index in [1.807, 2.05) is 6.33 Å². The third-order valence-corrected chi connectivity index (χ3v) is 5.75. The Balaban J connectivity index is 1.58. The van der Waals surface area contributed by atoms with Crippen LogP contribution in [0.15, 0.2) is 36.7 Å². The van der Waals surface area contributed by atoms with Crippen LogP contribution in [0.3, 0.4) is 0 Å². The highest BCUT2D eigenvalue weighted by molar-refractivity contribution is 5.15. The molecule has 1 aromatic heterocycles. The lowest BCUT2D eigenvalue weighted by molar-refractivity contribution is 0.0359. The molecule has 1 atom stereocenters. The van der Waals surface area contributed by atoms with E-state index in [4.69, 9.17) is 0 Å². The number of piperidine rings is 1. The molecule has 0 spiro atoms. The first kappa shape index (κ1) is 19.1. The summed E-state index contributed by atoms with van der Waals surface area (Å²) < 4.78 is 2.16. The molecule has 0 saturated carbocycles. The van der Waals surface area contributed by atoms with Gasteiger partial charge in [0, 0.05) is 37.1 Å². The normalized spacial score (nSPS) is 20.6. The molecule has 1 aliphatic heterocycles. The van der Waals surface area contributed by atoms with E-state index in [0.29, 0.717) is 12.1 Å². The second kappa shape index (κ2) is 8.31. The lowest BCUT2D eigenvalue weighted by Gasteiger charge is -2.48. The van der Waals surface area contributed by atoms with E-state index in [2.05, 4.69) is 83.0 Å². The van der Waals surface area contributed by atoms with Gasteiger partial charge in [-0.05, 0) is 52.6 Å². The Labute approximate surface area is 157 Å². The van der Waals surface area contributed by atoms with Gasteiger partial charge in [0.1, 0.15) is 12.2 Å². The van der Waals surface area contributed by atoms with Crippen molar-refractivity contribution in [1.82, 2.24) is 25.0 Å². The maximum Gasteiger partial charge on any atom is 0.134 e. The first-order valence-corrected chi connectivity index (χ1v) is 9.89. The van der Waals surface area contributed by atoms with Gasteiger partial charge in [-0.3, -0.25) is 4.90 Å². The van der Waals surface area contributed by atoms with Crippen molar-refractivity contribution < 1.29 is 0 Å². The summed E-state index contributed by atoms with van der Waals surface area (Å²) in [7, 11) is 0. The van der Waals surface area contributed by atoms with Gasteiger partial charge in [-0.2, -0.15) is 0 Å². The van der Waals surface area contributed by atoms with Crippen molar-refractivity contribution in [3.05, 3.63) is 48.0 Å². The minimum Gasteiger partial charge on any atom is -0.315 e. The molecule has 1 saturated heterocycles. The molecule has 5 nitrogen and oxygen atoms in total. The van der Waals surface area contributed by atoms with Crippen LogP contribution in [0.1, 0.15) is 58.0 Å². The van der Waals surface area contributed by atoms with Crippen molar-refractivity contribution in [1.29, 1.82) is 0 Å². The molecule has 1 aromatic carbocycles. The van der Waals surface area contributed by atoms with Crippen LogP contribution in [0, 0.1) is 0 Å². The molecule has 0 unspecified atom stereocenters. The Hall–Kier alpha value is -1.72. The van der Waals surface area contributed by atoms with Crippen molar-refractivity contribution in [3.8, 4) is 0 Å². The van der Waals surface area contributed by atoms with Gasteiger partial charge in [-0.25, -0.2) is 0 Å². The number of nitrogens with zero attached hydrogens (tertiary/aromatic N) is 4. The number of hydrogen-bond donors (Lipinski definition) is 1. The van der Waals surface area contributed by atoms with Gasteiger partial charge in [0.15, 0.2) is 0 Å². The van der Waals surface area contributed by atoms with Crippen molar-refractivity contribution in [3.63, 3.8) is 0 Å². The fraction of sp³-hybridized carbons (Fsp3) is 0.619. The van der Waals surface area contributed by atoms with E-state index in [9.17, 15) is 0 Å². The number of benzene rings is 1. The zero-order valence-corrected chi connectivity index (χ0v) is 16.7. The fourth-order valence-electron chi connectivity index (χ4n) is 4.02. The van der Waals surface area contributed by atoms with Gasteiger partial charge >= 0.3 is 0 Å². The summed E-state index contributed by atoms with van der Waals surface area (Å²) in [6, 6.07) is 11.7. The Morgan fingerprint density at radius 1 is 1.23 bits per heavy atom. The van der Waals surface area contributed by atoms with Crippen molar-refractivity contribution in [2.45, 2.75) is 71.1 Å². The molecular formula is C21H33N5. The summed E-state index contributed by atoms with van der Waals surface area (Å²) in [5.41, 5.74) is 1.53. The number of likely N-dealkylation sites (tertiary alicyclic amines) is 1. The second-order valence-electron chi connectivity index (χ2n) is 8.21. The Kier molecular flexibility index (Phi) is 6.09. The minimum atomic E-state index is 0.139. The highest BCUT2D eigenvalue weighted by Gasteiger charge is 2.37. The van der Waals surface area contributed by atoms with Crippen LogP contribution in [-0.4, -0.2) is 44.3 Å². The first-order chi connectivity index (χ1) is 12.5. The largest absolute Gasteiger partial charge is 0.315 e. The molecule has 0 aliphatic carbocycles. The summed E-state index contributed by atoms with van der Waals surface area (Å²) in [5.74, 6) is 1.07. The molecule has 5 heteroatoms. The molecule has 3 rings (SSSR count). The molecule has 1 fully saturated rings. The van der Waals surface area contributed by atoms with E-state index in [1.165, 1.54) is 24.9 Å². The van der Waals surface area contributed by atoms with Gasteiger partial charge in [0.2, 0.25) is 0 Å². The second-order valence-corrected chi connectivity index (χ2v) is 8.21. The standard InChI is InChI=1S/C21H33N5/c1-17(2)26-16-23-24-20(26)12-13-22-19-11-8-14-25(21(19,3)4)15-18-9-6-5-7-10-18/h5-7,9-10,16-17,19,22H,8,11-15H2,1-4H3/t19-/m1/s1. The van der Waals surface area contributed by atoms with Gasteiger partial charge in [-0.1, -0.05) is 30.3 Å². The van der Waals surface area contributed by atoms with E-state index in [-0.39, 0.29) is 5.54 Å². The smallest absolute Gasteiger partial charge is 0.134 e. The molecule has 26 heavy (non-hydrogen) atoms. The quantitative estimate of drug-likeness (QED) is 0.826. The van der Waals surface area contributed by atoms with E-state index < -0.39 is 0 Å². The molecule has 0 amide bonds. The van der Waals surface area contributed by atoms with Gasteiger partial charge in [0.25, 0.3) is 0 Å². The molecule has 142 valence electrons. The molecule has 1 N–H and O–H groups in total. The van der Waals surface area contributed by atoms with Crippen molar-refractivity contribution >= 4 is 0 Å². The predicted molar refractivity (Wildman–Crippen MR) is 106 cm³/mol. The maximum absolute atomic E-state index is 4.29. The van der Waals surface area contributed by atoms with Crippen LogP contribution in [0.4, 0.5) is 0 Å². The average Bonchev–Trinajstić information content (AvgIpc) is 3.08. The minimum absolute atomic E-state index is 0.139. The van der Waals surface area contributed by atoms with E-state index in [0.717, 1.165) is 25.3 Å². The highest BCUT2D eigenvalue weighted by Crippen LogP contribution is 2.29. The van der Waals surface area contributed by atoms with Gasteiger partial charge in [0.05, 0.1) is 0 Å². The van der Waals surface area contributed by atoms with Crippen LogP contribution in [0.2, 0.25) is 0 Å². The summed E-state index contributed by atoms with van der Waals surface area (Å²) in [6.45, 7) is 12.2. The average molecular weight is 356 g/mol. The van der Waals surface area contributed by atoms with Crippen LogP contribution in [-0.2, 0) is 13.0 Å². The summed E-state index contributed by atoms with van der Waals surface area (Å²) in [6.07, 6.45) is 5.24. The number of nitrogens with one attached hydrogen (secondary N) is 1. The van der Waals surface area contributed by atoms with Crippen molar-refractivity contribution in [2.75, 3.05) is 13.1 Å². The zero-order chi connectivity index (χ0) is 18.6. The highest BCUT2D eigenvalue weighted by atomic mass is 15.3. The molecule has 2 heterocycles. The molecule has 0 bridgehead atoms. The fourth-order valence-corrected chi connectivity index (χ4v) is 4.02. The van der Waals surface area contributed by atoms with Gasteiger partial charge < -0.3 is 9.88 Å². The third kappa shape index (κ3) is 4.33. The molecule has 0 radical (unpaired) electrons. The maximum atomic E-state index is 4.29. The van der Waals surface area contributed by atoms with Crippen molar-refractivity contribution in [2.24, 2.45) is 0 Å². The van der Waals surface area contributed by atoms with Crippen LogP contribution < -0.4 is 5.32 Å². The summed E-state index contributed by atoms with van der Waals surface area (Å²) >= 11 is 0. The summed E-state index contributed by atoms with van der Waals surface area (Å²) in [5, 5.41) is 12.2. The first-order valence-electron chi connectivity index (χ1n) is 9.89. The SMILES string of the molecule is CC(C)n1cnnc1CCN[C@@H]1CCCN(Cc2ccccc2)C1(C)C. The summed E-state index contributed by atoms with van der Waals surface area (Å²) in [4.78, 5) is 2.63. The Morgan fingerprint density at radius 3 is 2.73 bits per heavy atom. The van der Waals surface area contributed by atoms with Crippen LogP contribution in [0.5, 0.6) is 0 Å². The van der Waals surface area contributed by atoms with E-state index >= 15 is 0 Å². The van der Waals surface area contributed by atoms with Crippen LogP contribution >= 0.6 is 0 Å². The molecule has 1 aliphatic rings. The van der Waals surface area contributed by atoms with Gasteiger partial charge in [-0.15, -0.1) is 10.2 Å². The lowest BCUT2D eigenvalue weighted by Crippen LogP contribution is -2.60. The molecular weight excluding hydrogens is 322 g/mol. The Morgan fingerprint density at radius 2 is 2.00 bits per heavy atom. The number of rotatable bonds is 7. The monoisotopic (exact) mass is 355 g/mol. The number of hydrogen-bond acceptors (Lipinski definition) is 4.